The van der Waals surface area contributed by atoms with Gasteiger partial charge in [0.15, 0.2) is 5.16 Å². The van der Waals surface area contributed by atoms with Crippen LogP contribution in [-0.4, -0.2) is 59.9 Å². The minimum atomic E-state index is 0.0704. The summed E-state index contributed by atoms with van der Waals surface area (Å²) >= 11 is 7.47. The lowest BCUT2D eigenvalue weighted by Gasteiger charge is -2.26. The summed E-state index contributed by atoms with van der Waals surface area (Å²) in [7, 11) is 1.96. The van der Waals surface area contributed by atoms with Gasteiger partial charge in [-0.05, 0) is 5.56 Å². The van der Waals surface area contributed by atoms with Gasteiger partial charge in [0, 0.05) is 32.7 Å². The molecule has 2 aromatic rings. The number of aromatic nitrogens is 2. The SMILES string of the molecule is CN(Cc1ccccc1)c1cc(Cl)nc(SCC(=O)N2CCOCC2)n1. The van der Waals surface area contributed by atoms with E-state index in [0.29, 0.717) is 48.9 Å². The molecule has 0 aliphatic carbocycles. The number of halogens is 1. The fourth-order valence-electron chi connectivity index (χ4n) is 2.61. The van der Waals surface area contributed by atoms with Gasteiger partial charge in [-0.3, -0.25) is 4.79 Å². The van der Waals surface area contributed by atoms with E-state index in [0.717, 1.165) is 5.82 Å². The van der Waals surface area contributed by atoms with Gasteiger partial charge in [-0.25, -0.2) is 9.97 Å². The van der Waals surface area contributed by atoms with E-state index in [1.54, 1.807) is 6.07 Å². The molecule has 1 aliphatic rings. The van der Waals surface area contributed by atoms with Crippen molar-refractivity contribution >= 4 is 35.1 Å². The number of nitrogens with zero attached hydrogens (tertiary/aromatic N) is 4. The smallest absolute Gasteiger partial charge is 0.233 e. The highest BCUT2D eigenvalue weighted by Crippen LogP contribution is 2.22. The monoisotopic (exact) mass is 392 g/mol. The number of benzene rings is 1. The highest BCUT2D eigenvalue weighted by atomic mass is 35.5. The zero-order valence-corrected chi connectivity index (χ0v) is 16.2. The summed E-state index contributed by atoms with van der Waals surface area (Å²) in [5.74, 6) is 1.10. The molecule has 8 heteroatoms. The number of hydrogen-bond acceptors (Lipinski definition) is 6. The Hall–Kier alpha value is -1.83. The number of carbonyl (C=O) groups excluding carboxylic acids is 1. The molecule has 2 heterocycles. The lowest BCUT2D eigenvalue weighted by molar-refractivity contribution is -0.132. The van der Waals surface area contributed by atoms with Crippen LogP contribution in [0.4, 0.5) is 5.82 Å². The summed E-state index contributed by atoms with van der Waals surface area (Å²) in [5.41, 5.74) is 1.18. The van der Waals surface area contributed by atoms with Crippen LogP contribution >= 0.6 is 23.4 Å². The summed E-state index contributed by atoms with van der Waals surface area (Å²) in [6.45, 7) is 3.18. The maximum atomic E-state index is 12.3. The summed E-state index contributed by atoms with van der Waals surface area (Å²) in [6, 6.07) is 11.9. The molecule has 1 saturated heterocycles. The highest BCUT2D eigenvalue weighted by molar-refractivity contribution is 7.99. The largest absolute Gasteiger partial charge is 0.378 e. The summed E-state index contributed by atoms with van der Waals surface area (Å²) in [5, 5.41) is 0.880. The van der Waals surface area contributed by atoms with Gasteiger partial charge in [-0.2, -0.15) is 0 Å². The first-order valence-electron chi connectivity index (χ1n) is 8.40. The second kappa shape index (κ2) is 9.21. The van der Waals surface area contributed by atoms with Crippen LogP contribution in [-0.2, 0) is 16.1 Å². The lowest BCUT2D eigenvalue weighted by Crippen LogP contribution is -2.41. The fraction of sp³-hybridized carbons (Fsp3) is 0.389. The summed E-state index contributed by atoms with van der Waals surface area (Å²) in [6.07, 6.45) is 0. The minimum Gasteiger partial charge on any atom is -0.378 e. The Morgan fingerprint density at radius 1 is 1.27 bits per heavy atom. The third kappa shape index (κ3) is 5.33. The van der Waals surface area contributed by atoms with E-state index >= 15 is 0 Å². The Balaban J connectivity index is 1.62. The molecule has 1 fully saturated rings. The summed E-state index contributed by atoms with van der Waals surface area (Å²) in [4.78, 5) is 24.9. The van der Waals surface area contributed by atoms with Crippen LogP contribution in [0.25, 0.3) is 0 Å². The zero-order valence-electron chi connectivity index (χ0n) is 14.6. The average molecular weight is 393 g/mol. The van der Waals surface area contributed by atoms with Crippen molar-refractivity contribution in [2.75, 3.05) is 44.0 Å². The minimum absolute atomic E-state index is 0.0704. The van der Waals surface area contributed by atoms with Gasteiger partial charge >= 0.3 is 0 Å². The van der Waals surface area contributed by atoms with E-state index in [-0.39, 0.29) is 5.91 Å². The van der Waals surface area contributed by atoms with Crippen molar-refractivity contribution in [2.24, 2.45) is 0 Å². The third-order valence-electron chi connectivity index (χ3n) is 4.00. The topological polar surface area (TPSA) is 58.6 Å². The number of carbonyl (C=O) groups is 1. The molecule has 0 radical (unpaired) electrons. The number of ether oxygens (including phenoxy) is 1. The van der Waals surface area contributed by atoms with Crippen molar-refractivity contribution in [1.29, 1.82) is 0 Å². The molecule has 1 amide bonds. The van der Waals surface area contributed by atoms with Crippen LogP contribution in [0.5, 0.6) is 0 Å². The molecule has 0 unspecified atom stereocenters. The lowest BCUT2D eigenvalue weighted by atomic mass is 10.2. The van der Waals surface area contributed by atoms with Gasteiger partial charge in [0.2, 0.25) is 5.91 Å². The molecule has 138 valence electrons. The fourth-order valence-corrected chi connectivity index (χ4v) is 3.60. The quantitative estimate of drug-likeness (QED) is 0.428. The normalized spacial score (nSPS) is 14.3. The van der Waals surface area contributed by atoms with Crippen molar-refractivity contribution < 1.29 is 9.53 Å². The van der Waals surface area contributed by atoms with Crippen LogP contribution in [0.2, 0.25) is 5.15 Å². The molecule has 0 bridgehead atoms. The predicted molar refractivity (Wildman–Crippen MR) is 104 cm³/mol. The number of amides is 1. The van der Waals surface area contributed by atoms with Gasteiger partial charge < -0.3 is 14.5 Å². The van der Waals surface area contributed by atoms with Crippen LogP contribution in [0.15, 0.2) is 41.6 Å². The molecular formula is C18H21ClN4O2S. The Bertz CT molecular complexity index is 741. The number of anilines is 1. The third-order valence-corrected chi connectivity index (χ3v) is 5.03. The van der Waals surface area contributed by atoms with Crippen LogP contribution < -0.4 is 4.90 Å². The molecule has 0 atom stereocenters. The van der Waals surface area contributed by atoms with Gasteiger partial charge in [0.1, 0.15) is 11.0 Å². The standard InChI is InChI=1S/C18H21ClN4O2S/c1-22(12-14-5-3-2-4-6-14)16-11-15(19)20-18(21-16)26-13-17(24)23-7-9-25-10-8-23/h2-6,11H,7-10,12-13H2,1H3. The maximum Gasteiger partial charge on any atom is 0.233 e. The molecule has 3 rings (SSSR count). The van der Waals surface area contributed by atoms with Gasteiger partial charge in [0.05, 0.1) is 19.0 Å². The molecule has 1 aromatic heterocycles. The first-order valence-corrected chi connectivity index (χ1v) is 9.76. The Labute approximate surface area is 162 Å². The molecule has 1 aliphatic heterocycles. The van der Waals surface area contributed by atoms with Gasteiger partial charge in [-0.1, -0.05) is 53.7 Å². The molecule has 0 N–H and O–H groups in total. The molecular weight excluding hydrogens is 372 g/mol. The molecule has 26 heavy (non-hydrogen) atoms. The van der Waals surface area contributed by atoms with E-state index in [1.165, 1.54) is 17.3 Å². The van der Waals surface area contributed by atoms with E-state index in [4.69, 9.17) is 16.3 Å². The maximum absolute atomic E-state index is 12.3. The molecule has 0 spiro atoms. The Morgan fingerprint density at radius 3 is 2.73 bits per heavy atom. The molecule has 6 nitrogen and oxygen atoms in total. The van der Waals surface area contributed by atoms with E-state index in [2.05, 4.69) is 22.1 Å². The average Bonchev–Trinajstić information content (AvgIpc) is 2.67. The van der Waals surface area contributed by atoms with Crippen LogP contribution in [0.1, 0.15) is 5.56 Å². The highest BCUT2D eigenvalue weighted by Gasteiger charge is 2.18. The second-order valence-electron chi connectivity index (χ2n) is 5.95. The van der Waals surface area contributed by atoms with Crippen LogP contribution in [0.3, 0.4) is 0 Å². The Kier molecular flexibility index (Phi) is 6.71. The van der Waals surface area contributed by atoms with Crippen molar-refractivity contribution in [2.45, 2.75) is 11.7 Å². The first kappa shape index (κ1) is 18.9. The van der Waals surface area contributed by atoms with Crippen LogP contribution in [0, 0.1) is 0 Å². The number of morpholine rings is 1. The van der Waals surface area contributed by atoms with Crippen molar-refractivity contribution in [1.82, 2.24) is 14.9 Å². The van der Waals surface area contributed by atoms with Crippen molar-refractivity contribution in [3.8, 4) is 0 Å². The van der Waals surface area contributed by atoms with Crippen molar-refractivity contribution in [3.05, 3.63) is 47.1 Å². The Morgan fingerprint density at radius 2 is 2.00 bits per heavy atom. The number of hydrogen-bond donors (Lipinski definition) is 0. The van der Waals surface area contributed by atoms with E-state index in [1.807, 2.05) is 35.0 Å². The van der Waals surface area contributed by atoms with Gasteiger partial charge in [0.25, 0.3) is 0 Å². The van der Waals surface area contributed by atoms with E-state index in [9.17, 15) is 4.79 Å². The first-order chi connectivity index (χ1) is 12.6. The summed E-state index contributed by atoms with van der Waals surface area (Å²) < 4.78 is 5.27. The zero-order chi connectivity index (χ0) is 18.4. The predicted octanol–water partition coefficient (Wildman–Crippen LogP) is 2.72. The van der Waals surface area contributed by atoms with Gasteiger partial charge in [-0.15, -0.1) is 0 Å². The molecule has 0 saturated carbocycles. The van der Waals surface area contributed by atoms with Crippen molar-refractivity contribution in [3.63, 3.8) is 0 Å². The van der Waals surface area contributed by atoms with E-state index < -0.39 is 0 Å². The molecule has 1 aromatic carbocycles. The second-order valence-corrected chi connectivity index (χ2v) is 7.28. The number of thioether (sulfide) groups is 1. The number of rotatable bonds is 6.